The second-order valence-electron chi connectivity index (χ2n) is 14.7. The van der Waals surface area contributed by atoms with Crippen LogP contribution in [0.1, 0.15) is 0 Å². The molecule has 5 heterocycles. The summed E-state index contributed by atoms with van der Waals surface area (Å²) in [5.74, 6) is -1.20. The van der Waals surface area contributed by atoms with Gasteiger partial charge in [0, 0.05) is 65.9 Å². The van der Waals surface area contributed by atoms with E-state index in [1.807, 2.05) is 0 Å². The zero-order chi connectivity index (χ0) is 47.5. The number of H-pyrrole nitrogens is 2. The fourth-order valence-electron chi connectivity index (χ4n) is 7.55. The van der Waals surface area contributed by atoms with E-state index in [0.29, 0.717) is 10.9 Å². The first-order valence-corrected chi connectivity index (χ1v) is 27.3. The summed E-state index contributed by atoms with van der Waals surface area (Å²) in [6, 6.07) is 20.7. The number of nitrogens with one attached hydrogen (secondary N) is 3. The number of sulfonamides is 3. The smallest absolute Gasteiger partial charge is 0.744 e. The predicted octanol–water partition coefficient (Wildman–Crippen LogP) is 0.519. The quantitative estimate of drug-likeness (QED) is 0.0803. The van der Waals surface area contributed by atoms with Crippen molar-refractivity contribution in [3.05, 3.63) is 97.1 Å². The van der Waals surface area contributed by atoms with Crippen LogP contribution >= 0.6 is 0 Å². The Labute approximate surface area is 402 Å². The summed E-state index contributed by atoms with van der Waals surface area (Å²) in [5.41, 5.74) is 2.55. The van der Waals surface area contributed by atoms with Crippen LogP contribution in [0.3, 0.4) is 0 Å². The molecule has 0 amide bonds. The van der Waals surface area contributed by atoms with Crippen molar-refractivity contribution in [2.24, 2.45) is 5.14 Å². The molecule has 0 fully saturated rings. The minimum atomic E-state index is -5.05. The van der Waals surface area contributed by atoms with Gasteiger partial charge < -0.3 is 14.5 Å². The summed E-state index contributed by atoms with van der Waals surface area (Å²) >= 11 is 0. The van der Waals surface area contributed by atoms with Crippen LogP contribution in [0.5, 0.6) is 0 Å². The molecule has 22 nitrogen and oxygen atoms in total. The van der Waals surface area contributed by atoms with Crippen LogP contribution in [0, 0.1) is 0 Å². The minimum absolute atomic E-state index is 0. The Morgan fingerprint density at radius 3 is 1.42 bits per heavy atom. The molecular formula is C38H27N6NaO16S6. The zero-order valence-corrected chi connectivity index (χ0v) is 40.6. The number of aromatic nitrogens is 4. The molecule has 0 atom stereocenters. The van der Waals surface area contributed by atoms with E-state index in [-0.39, 0.29) is 112 Å². The van der Waals surface area contributed by atoms with E-state index < -0.39 is 87.8 Å². The third kappa shape index (κ3) is 9.56. The fraction of sp³-hybridized carbons (Fsp3) is 0.0526. The van der Waals surface area contributed by atoms with Gasteiger partial charge in [-0.05, 0) is 72.8 Å². The Bertz CT molecular complexity index is 4180. The molecule has 0 radical (unpaired) electrons. The third-order valence-electron chi connectivity index (χ3n) is 10.4. The number of hydrogen-bond donors (Lipinski definition) is 6. The van der Waals surface area contributed by atoms with E-state index >= 15 is 0 Å². The predicted molar refractivity (Wildman–Crippen MR) is 236 cm³/mol. The topological polar surface area (TPSA) is 373 Å². The largest absolute Gasteiger partial charge is 1.00 e. The van der Waals surface area contributed by atoms with E-state index in [4.69, 9.17) is 19.7 Å². The molecule has 29 heteroatoms. The van der Waals surface area contributed by atoms with Crippen LogP contribution in [0.4, 0.5) is 0 Å². The van der Waals surface area contributed by atoms with Crippen molar-refractivity contribution >= 4 is 104 Å². The monoisotopic (exact) mass is 1040 g/mol. The van der Waals surface area contributed by atoms with Crippen LogP contribution in [0.25, 0.3) is 88.6 Å². The van der Waals surface area contributed by atoms with Gasteiger partial charge in [-0.25, -0.2) is 53.0 Å². The SMILES string of the molecule is NS(=O)(=O)c1ccc2c(c1)-c1cc3[nH]c(cc4nc(cc5[nH]c(cc-2n1)c1cc(S(=O)(=O)O)ccc51)-c1cc(S(=O)(=O)[O-])ccc1-4)c1cc(S(=O)(=O)NS(=O)(=O)CCOS(=O)(=O)O)ccc31.[Na+]. The maximum absolute atomic E-state index is 13.6. The second kappa shape index (κ2) is 16.6. The van der Waals surface area contributed by atoms with Crippen molar-refractivity contribution in [2.75, 3.05) is 12.4 Å². The van der Waals surface area contributed by atoms with Crippen molar-refractivity contribution in [3.63, 3.8) is 0 Å². The molecule has 67 heavy (non-hydrogen) atoms. The third-order valence-corrected chi connectivity index (χ3v) is 16.9. The van der Waals surface area contributed by atoms with E-state index in [1.54, 1.807) is 0 Å². The Balaban J connectivity index is 0.00000608. The van der Waals surface area contributed by atoms with Crippen molar-refractivity contribution < 1.29 is 97.9 Å². The first kappa shape index (κ1) is 48.4. The normalized spacial score (nSPS) is 13.3. The molecular weight excluding hydrogens is 1010 g/mol. The van der Waals surface area contributed by atoms with Gasteiger partial charge in [-0.2, -0.15) is 16.8 Å². The molecule has 0 aliphatic carbocycles. The number of nitrogens with zero attached hydrogens (tertiary/aromatic N) is 2. The van der Waals surface area contributed by atoms with Gasteiger partial charge in [0.25, 0.3) is 20.1 Å². The molecule has 0 unspecified atom stereocenters. The first-order valence-electron chi connectivity index (χ1n) is 18.4. The zero-order valence-electron chi connectivity index (χ0n) is 33.7. The molecule has 4 aromatic carbocycles. The molecule has 7 N–H and O–H groups in total. The van der Waals surface area contributed by atoms with Gasteiger partial charge in [-0.3, -0.25) is 9.11 Å². The molecule has 7 aromatic rings. The average Bonchev–Trinajstić information content (AvgIpc) is 3.93. The number of benzene rings is 4. The molecule has 2 aliphatic heterocycles. The standard InChI is InChI=1S/C38H28N6O16S6.Na/c39-62(47,48)19-1-5-23-27(11-19)35-15-32-24-6-2-20(63(49,50)44-61(45,46)10-9-60-66(57,58)59)12-28(24)36(41-32)16-33-25-7-3-21(64(51,52)53)13-29(25)38(42-33)18-34-26-8-4-22(65(54,55)56)14-30(26)37(43-34)17-31(23)40-35;/h1-8,11-18,41,43-44H,9-10H2,(H2,39,47,48)(H,51,52,53)(H,54,55,56)(H,57,58,59);/q;+1/p-1. The van der Waals surface area contributed by atoms with Crippen molar-refractivity contribution in [1.82, 2.24) is 24.1 Å². The number of fused-ring (bicyclic) bond motifs is 20. The minimum Gasteiger partial charge on any atom is -0.744 e. The molecule has 9 rings (SSSR count). The van der Waals surface area contributed by atoms with E-state index in [1.165, 1.54) is 70.9 Å². The Morgan fingerprint density at radius 1 is 0.537 bits per heavy atom. The van der Waals surface area contributed by atoms with Crippen LogP contribution in [0.15, 0.2) is 117 Å². The molecule has 342 valence electrons. The summed E-state index contributed by atoms with van der Waals surface area (Å²) in [5, 5.41) is 6.56. The molecule has 0 saturated heterocycles. The summed E-state index contributed by atoms with van der Waals surface area (Å²) < 4.78 is 185. The van der Waals surface area contributed by atoms with Crippen molar-refractivity contribution in [3.8, 4) is 45.0 Å². The number of hydrogen-bond acceptors (Lipinski definition) is 16. The van der Waals surface area contributed by atoms with E-state index in [0.717, 1.165) is 30.3 Å². The van der Waals surface area contributed by atoms with E-state index in [9.17, 15) is 59.6 Å². The summed E-state index contributed by atoms with van der Waals surface area (Å²) in [4.78, 5) is 14.0. The Kier molecular flexibility index (Phi) is 12.0. The van der Waals surface area contributed by atoms with Gasteiger partial charge in [-0.15, -0.1) is 4.13 Å². The summed E-state index contributed by atoms with van der Waals surface area (Å²) in [6.45, 7) is -1.13. The summed E-state index contributed by atoms with van der Waals surface area (Å²) in [6.07, 6.45) is 0. The van der Waals surface area contributed by atoms with Gasteiger partial charge in [-0.1, -0.05) is 24.3 Å². The Hall–Kier alpha value is -5.02. The first-order chi connectivity index (χ1) is 30.6. The van der Waals surface area contributed by atoms with Gasteiger partial charge in [0.1, 0.15) is 10.1 Å². The molecule has 8 bridgehead atoms. The van der Waals surface area contributed by atoms with Crippen molar-refractivity contribution in [1.29, 1.82) is 0 Å². The number of primary sulfonamides is 1. The van der Waals surface area contributed by atoms with Crippen LogP contribution in [-0.2, 0) is 64.9 Å². The van der Waals surface area contributed by atoms with Gasteiger partial charge in [0.05, 0.1) is 54.7 Å². The number of nitrogens with two attached hydrogens (primary N) is 1. The maximum Gasteiger partial charge on any atom is 1.00 e. The van der Waals surface area contributed by atoms with Crippen LogP contribution in [-0.4, -0.2) is 96.5 Å². The average molecular weight is 1040 g/mol. The second-order valence-corrected chi connectivity index (χ2v) is 23.9. The molecule has 0 saturated carbocycles. The van der Waals surface area contributed by atoms with Crippen molar-refractivity contribution in [2.45, 2.75) is 19.6 Å². The van der Waals surface area contributed by atoms with Crippen LogP contribution in [0.2, 0.25) is 0 Å². The fourth-order valence-corrected chi connectivity index (χ4v) is 12.4. The van der Waals surface area contributed by atoms with E-state index in [2.05, 4.69) is 14.2 Å². The Morgan fingerprint density at radius 2 is 0.955 bits per heavy atom. The van der Waals surface area contributed by atoms with Gasteiger partial charge >= 0.3 is 40.0 Å². The molecule has 2 aliphatic rings. The van der Waals surface area contributed by atoms with Gasteiger partial charge in [0.15, 0.2) is 0 Å². The summed E-state index contributed by atoms with van der Waals surface area (Å²) in [7, 11) is -28.8. The molecule has 3 aromatic heterocycles. The van der Waals surface area contributed by atoms with Crippen LogP contribution < -0.4 is 38.8 Å². The number of aromatic amines is 2. The molecule has 0 spiro atoms. The maximum atomic E-state index is 13.6. The van der Waals surface area contributed by atoms with Gasteiger partial charge in [0.2, 0.25) is 20.0 Å². The number of rotatable bonds is 10.